The number of halogens is 1. The van der Waals surface area contributed by atoms with Gasteiger partial charge in [-0.3, -0.25) is 0 Å². The van der Waals surface area contributed by atoms with Crippen molar-refractivity contribution in [2.75, 3.05) is 6.61 Å². The van der Waals surface area contributed by atoms with Gasteiger partial charge >= 0.3 is 0 Å². The van der Waals surface area contributed by atoms with Crippen LogP contribution in [0.15, 0.2) is 27.6 Å². The molecule has 1 saturated carbocycles. The number of sulfonamides is 1. The quantitative estimate of drug-likeness (QED) is 0.884. The SMILES string of the molecule is Cc1cc(S(=O)(=O)NC2(CO)CCC2)ccc1Br. The Morgan fingerprint density at radius 1 is 1.44 bits per heavy atom. The number of hydrogen-bond acceptors (Lipinski definition) is 3. The Hall–Kier alpha value is -0.430. The number of benzene rings is 1. The molecule has 0 heterocycles. The van der Waals surface area contributed by atoms with E-state index in [1.165, 1.54) is 0 Å². The number of nitrogens with one attached hydrogen (secondary N) is 1. The Labute approximate surface area is 116 Å². The van der Waals surface area contributed by atoms with Gasteiger partial charge in [0.25, 0.3) is 0 Å². The first kappa shape index (κ1) is 14.0. The topological polar surface area (TPSA) is 66.4 Å². The molecule has 100 valence electrons. The van der Waals surface area contributed by atoms with Crippen LogP contribution in [-0.2, 0) is 10.0 Å². The number of aliphatic hydroxyl groups is 1. The van der Waals surface area contributed by atoms with Crippen molar-refractivity contribution in [3.63, 3.8) is 0 Å². The minimum Gasteiger partial charge on any atom is -0.394 e. The summed E-state index contributed by atoms with van der Waals surface area (Å²) in [6.45, 7) is 1.69. The van der Waals surface area contributed by atoms with E-state index in [9.17, 15) is 13.5 Å². The lowest BCUT2D eigenvalue weighted by Gasteiger charge is -2.40. The molecule has 0 unspecified atom stereocenters. The van der Waals surface area contributed by atoms with Crippen LogP contribution in [0.2, 0.25) is 0 Å². The van der Waals surface area contributed by atoms with E-state index in [0.29, 0.717) is 12.8 Å². The normalized spacial score (nSPS) is 18.4. The van der Waals surface area contributed by atoms with E-state index in [2.05, 4.69) is 20.7 Å². The Morgan fingerprint density at radius 2 is 2.11 bits per heavy atom. The highest BCUT2D eigenvalue weighted by atomic mass is 79.9. The van der Waals surface area contributed by atoms with E-state index in [4.69, 9.17) is 0 Å². The third-order valence-electron chi connectivity index (χ3n) is 3.40. The van der Waals surface area contributed by atoms with Crippen LogP contribution >= 0.6 is 15.9 Å². The van der Waals surface area contributed by atoms with Crippen LogP contribution in [0.25, 0.3) is 0 Å². The third-order valence-corrected chi connectivity index (χ3v) is 5.87. The summed E-state index contributed by atoms with van der Waals surface area (Å²) in [5, 5.41) is 9.31. The third kappa shape index (κ3) is 2.61. The molecule has 2 rings (SSSR count). The van der Waals surface area contributed by atoms with Gasteiger partial charge in [0.2, 0.25) is 10.0 Å². The molecule has 0 bridgehead atoms. The summed E-state index contributed by atoms with van der Waals surface area (Å²) < 4.78 is 28.0. The van der Waals surface area contributed by atoms with E-state index >= 15 is 0 Å². The first-order valence-corrected chi connectivity index (χ1v) is 8.07. The lowest BCUT2D eigenvalue weighted by molar-refractivity contribution is 0.110. The van der Waals surface area contributed by atoms with E-state index in [-0.39, 0.29) is 11.5 Å². The van der Waals surface area contributed by atoms with E-state index < -0.39 is 15.6 Å². The molecule has 0 saturated heterocycles. The summed E-state index contributed by atoms with van der Waals surface area (Å²) in [6.07, 6.45) is 2.33. The highest BCUT2D eigenvalue weighted by molar-refractivity contribution is 9.10. The maximum absolute atomic E-state index is 12.2. The van der Waals surface area contributed by atoms with Gasteiger partial charge in [0, 0.05) is 4.47 Å². The maximum Gasteiger partial charge on any atom is 0.241 e. The molecule has 0 aromatic heterocycles. The van der Waals surface area contributed by atoms with Crippen molar-refractivity contribution in [3.05, 3.63) is 28.2 Å². The summed E-state index contributed by atoms with van der Waals surface area (Å²) in [4.78, 5) is 0.239. The summed E-state index contributed by atoms with van der Waals surface area (Å²) >= 11 is 3.34. The molecular weight excluding hydrogens is 318 g/mol. The van der Waals surface area contributed by atoms with Gasteiger partial charge in [0.15, 0.2) is 0 Å². The molecule has 1 aliphatic carbocycles. The Balaban J connectivity index is 2.28. The largest absolute Gasteiger partial charge is 0.394 e. The molecule has 0 amide bonds. The summed E-state index contributed by atoms with van der Waals surface area (Å²) in [6, 6.07) is 4.90. The van der Waals surface area contributed by atoms with Gasteiger partial charge in [-0.05, 0) is 49.9 Å². The first-order chi connectivity index (χ1) is 8.38. The van der Waals surface area contributed by atoms with Crippen molar-refractivity contribution in [1.29, 1.82) is 0 Å². The monoisotopic (exact) mass is 333 g/mol. The first-order valence-electron chi connectivity index (χ1n) is 5.80. The van der Waals surface area contributed by atoms with Crippen molar-refractivity contribution in [1.82, 2.24) is 4.72 Å². The van der Waals surface area contributed by atoms with Crippen LogP contribution in [0.1, 0.15) is 24.8 Å². The Morgan fingerprint density at radius 3 is 2.56 bits per heavy atom. The Bertz CT molecular complexity index is 547. The van der Waals surface area contributed by atoms with Crippen molar-refractivity contribution in [2.24, 2.45) is 0 Å². The molecular formula is C12H16BrNO3S. The van der Waals surface area contributed by atoms with E-state index in [0.717, 1.165) is 16.5 Å². The van der Waals surface area contributed by atoms with E-state index in [1.54, 1.807) is 18.2 Å². The van der Waals surface area contributed by atoms with Gasteiger partial charge in [-0.1, -0.05) is 15.9 Å². The lowest BCUT2D eigenvalue weighted by atomic mass is 9.78. The molecule has 1 aliphatic rings. The molecule has 0 spiro atoms. The van der Waals surface area contributed by atoms with Gasteiger partial charge in [-0.2, -0.15) is 0 Å². The van der Waals surface area contributed by atoms with Crippen LogP contribution < -0.4 is 4.72 Å². The van der Waals surface area contributed by atoms with Crippen molar-refractivity contribution in [3.8, 4) is 0 Å². The highest BCUT2D eigenvalue weighted by Crippen LogP contribution is 2.33. The van der Waals surface area contributed by atoms with E-state index in [1.807, 2.05) is 6.92 Å². The van der Waals surface area contributed by atoms with Crippen molar-refractivity contribution in [2.45, 2.75) is 36.6 Å². The molecule has 1 fully saturated rings. The molecule has 18 heavy (non-hydrogen) atoms. The Kier molecular flexibility index (Phi) is 3.82. The van der Waals surface area contributed by atoms with Crippen molar-refractivity contribution >= 4 is 26.0 Å². The predicted octanol–water partition coefficient (Wildman–Crippen LogP) is 1.95. The highest BCUT2D eigenvalue weighted by Gasteiger charge is 2.40. The second-order valence-electron chi connectivity index (χ2n) is 4.81. The second kappa shape index (κ2) is 4.92. The molecule has 1 aromatic carbocycles. The van der Waals surface area contributed by atoms with Crippen LogP contribution in [0.4, 0.5) is 0 Å². The minimum absolute atomic E-state index is 0.151. The molecule has 1 aromatic rings. The fourth-order valence-electron chi connectivity index (χ4n) is 2.02. The standard InChI is InChI=1S/C12H16BrNO3S/c1-9-7-10(3-4-11(9)13)18(16,17)14-12(8-15)5-2-6-12/h3-4,7,14-15H,2,5-6,8H2,1H3. The molecule has 0 radical (unpaired) electrons. The molecule has 0 aliphatic heterocycles. The zero-order valence-electron chi connectivity index (χ0n) is 10.1. The molecule has 4 nitrogen and oxygen atoms in total. The van der Waals surface area contributed by atoms with Crippen LogP contribution in [-0.4, -0.2) is 25.7 Å². The fourth-order valence-corrected chi connectivity index (χ4v) is 3.81. The smallest absolute Gasteiger partial charge is 0.241 e. The fraction of sp³-hybridized carbons (Fsp3) is 0.500. The average Bonchev–Trinajstić information content (AvgIpc) is 2.27. The second-order valence-corrected chi connectivity index (χ2v) is 7.35. The minimum atomic E-state index is -3.56. The molecule has 2 N–H and O–H groups in total. The average molecular weight is 334 g/mol. The van der Waals surface area contributed by atoms with Gasteiger partial charge in [-0.25, -0.2) is 13.1 Å². The summed E-state index contributed by atoms with van der Waals surface area (Å²) in [7, 11) is -3.56. The molecule has 0 atom stereocenters. The predicted molar refractivity (Wildman–Crippen MR) is 72.9 cm³/mol. The number of aryl methyl sites for hydroxylation is 1. The van der Waals surface area contributed by atoms with Gasteiger partial charge in [0.05, 0.1) is 17.0 Å². The molecule has 6 heteroatoms. The van der Waals surface area contributed by atoms with Gasteiger partial charge in [-0.15, -0.1) is 0 Å². The zero-order chi connectivity index (χ0) is 13.4. The summed E-state index contributed by atoms with van der Waals surface area (Å²) in [5.74, 6) is 0. The van der Waals surface area contributed by atoms with Crippen LogP contribution in [0.5, 0.6) is 0 Å². The number of rotatable bonds is 4. The lowest BCUT2D eigenvalue weighted by Crippen LogP contribution is -2.55. The maximum atomic E-state index is 12.2. The van der Waals surface area contributed by atoms with Gasteiger partial charge in [0.1, 0.15) is 0 Å². The van der Waals surface area contributed by atoms with Crippen LogP contribution in [0, 0.1) is 6.92 Å². The van der Waals surface area contributed by atoms with Crippen molar-refractivity contribution < 1.29 is 13.5 Å². The zero-order valence-corrected chi connectivity index (χ0v) is 12.5. The number of hydrogen-bond donors (Lipinski definition) is 2. The number of aliphatic hydroxyl groups excluding tert-OH is 1. The summed E-state index contributed by atoms with van der Waals surface area (Å²) in [5.41, 5.74) is 0.212. The van der Waals surface area contributed by atoms with Crippen LogP contribution in [0.3, 0.4) is 0 Å². The van der Waals surface area contributed by atoms with Gasteiger partial charge < -0.3 is 5.11 Å².